The number of rotatable bonds is 8. The molecule has 0 bridgehead atoms. The Balaban J connectivity index is 2.42. The molecule has 0 aliphatic heterocycles. The van der Waals surface area contributed by atoms with E-state index in [2.05, 4.69) is 28.8 Å². The highest BCUT2D eigenvalue weighted by Gasteiger charge is 2.08. The number of ether oxygens (including phenoxy) is 3. The van der Waals surface area contributed by atoms with Crippen LogP contribution >= 0.6 is 11.6 Å². The Kier molecular flexibility index (Phi) is 6.80. The van der Waals surface area contributed by atoms with E-state index in [4.69, 9.17) is 25.8 Å². The molecule has 0 saturated carbocycles. The lowest BCUT2D eigenvalue weighted by atomic mass is 10.2. The predicted octanol–water partition coefficient (Wildman–Crippen LogP) is 2.36. The topological polar surface area (TPSA) is 66.4 Å². The van der Waals surface area contributed by atoms with Gasteiger partial charge >= 0.3 is 12.0 Å². The summed E-state index contributed by atoms with van der Waals surface area (Å²) in [5, 5.41) is 0.0451. The first kappa shape index (κ1) is 15.9. The number of halogens is 1. The minimum absolute atomic E-state index is 0.0410. The van der Waals surface area contributed by atoms with Crippen LogP contribution in [-0.4, -0.2) is 40.9 Å². The van der Waals surface area contributed by atoms with E-state index in [0.717, 1.165) is 0 Å². The van der Waals surface area contributed by atoms with Gasteiger partial charge < -0.3 is 14.2 Å². The molecule has 1 rings (SSSR count). The summed E-state index contributed by atoms with van der Waals surface area (Å²) in [4.78, 5) is 11.7. The van der Waals surface area contributed by atoms with Crippen LogP contribution < -0.4 is 9.47 Å². The Morgan fingerprint density at radius 3 is 2.32 bits per heavy atom. The van der Waals surface area contributed by atoms with E-state index in [1.54, 1.807) is 0 Å². The van der Waals surface area contributed by atoms with Crippen molar-refractivity contribution in [3.05, 3.63) is 5.28 Å². The van der Waals surface area contributed by atoms with Crippen molar-refractivity contribution in [3.8, 4) is 12.0 Å². The van der Waals surface area contributed by atoms with Crippen LogP contribution in [0.5, 0.6) is 12.0 Å². The van der Waals surface area contributed by atoms with Crippen molar-refractivity contribution in [2.45, 2.75) is 33.8 Å². The molecular formula is C12H20ClN3O3. The zero-order valence-electron chi connectivity index (χ0n) is 11.7. The lowest BCUT2D eigenvalue weighted by molar-refractivity contribution is 0.0785. The van der Waals surface area contributed by atoms with E-state index >= 15 is 0 Å². The molecule has 0 aromatic carbocycles. The maximum absolute atomic E-state index is 5.76. The van der Waals surface area contributed by atoms with Gasteiger partial charge in [-0.25, -0.2) is 0 Å². The number of hydrogen-bond donors (Lipinski definition) is 0. The molecule has 19 heavy (non-hydrogen) atoms. The molecule has 0 atom stereocenters. The summed E-state index contributed by atoms with van der Waals surface area (Å²) < 4.78 is 16.1. The van der Waals surface area contributed by atoms with Crippen LogP contribution in [-0.2, 0) is 4.74 Å². The van der Waals surface area contributed by atoms with Crippen LogP contribution in [0.25, 0.3) is 0 Å². The van der Waals surface area contributed by atoms with Gasteiger partial charge in [-0.15, -0.1) is 4.98 Å². The molecule has 1 heterocycles. The second-order valence-corrected chi connectivity index (χ2v) is 4.99. The van der Waals surface area contributed by atoms with E-state index in [-0.39, 0.29) is 23.4 Å². The SMILES string of the molecule is CC(C)COCCOc1nc(Cl)nc(OC(C)C)n1. The first-order valence-electron chi connectivity index (χ1n) is 6.26. The van der Waals surface area contributed by atoms with Crippen LogP contribution in [0.1, 0.15) is 27.7 Å². The highest BCUT2D eigenvalue weighted by Crippen LogP contribution is 2.14. The molecule has 0 saturated heterocycles. The number of nitrogens with zero attached hydrogens (tertiary/aromatic N) is 3. The average molecular weight is 290 g/mol. The van der Waals surface area contributed by atoms with Crippen molar-refractivity contribution in [1.29, 1.82) is 0 Å². The Morgan fingerprint density at radius 2 is 1.68 bits per heavy atom. The third-order valence-electron chi connectivity index (χ3n) is 1.82. The Bertz CT molecular complexity index is 388. The van der Waals surface area contributed by atoms with Crippen molar-refractivity contribution in [3.63, 3.8) is 0 Å². The van der Waals surface area contributed by atoms with Gasteiger partial charge in [0.05, 0.1) is 12.7 Å². The van der Waals surface area contributed by atoms with E-state index in [0.29, 0.717) is 25.7 Å². The average Bonchev–Trinajstić information content (AvgIpc) is 2.26. The van der Waals surface area contributed by atoms with Crippen molar-refractivity contribution in [1.82, 2.24) is 15.0 Å². The minimum atomic E-state index is -0.0410. The van der Waals surface area contributed by atoms with Gasteiger partial charge in [0.25, 0.3) is 0 Å². The molecule has 0 radical (unpaired) electrons. The number of hydrogen-bond acceptors (Lipinski definition) is 6. The quantitative estimate of drug-likeness (QED) is 0.685. The molecule has 0 unspecified atom stereocenters. The maximum Gasteiger partial charge on any atom is 0.324 e. The van der Waals surface area contributed by atoms with E-state index < -0.39 is 0 Å². The Hall–Kier alpha value is -1.14. The summed E-state index contributed by atoms with van der Waals surface area (Å²) >= 11 is 5.76. The monoisotopic (exact) mass is 289 g/mol. The normalized spacial score (nSPS) is 11.1. The summed E-state index contributed by atoms with van der Waals surface area (Å²) in [5.41, 5.74) is 0. The van der Waals surface area contributed by atoms with Gasteiger partial charge in [0.15, 0.2) is 0 Å². The standard InChI is InChI=1S/C12H20ClN3O3/c1-8(2)7-17-5-6-18-11-14-10(13)15-12(16-11)19-9(3)4/h8-9H,5-7H2,1-4H3. The molecular weight excluding hydrogens is 270 g/mol. The molecule has 0 aliphatic carbocycles. The Labute approximate surface area is 118 Å². The fourth-order valence-electron chi connectivity index (χ4n) is 1.15. The van der Waals surface area contributed by atoms with Crippen LogP contribution in [0.2, 0.25) is 5.28 Å². The van der Waals surface area contributed by atoms with Crippen LogP contribution in [0, 0.1) is 5.92 Å². The summed E-state index contributed by atoms with van der Waals surface area (Å²) in [7, 11) is 0. The maximum atomic E-state index is 5.76. The van der Waals surface area contributed by atoms with Crippen molar-refractivity contribution in [2.75, 3.05) is 19.8 Å². The highest BCUT2D eigenvalue weighted by molar-refractivity contribution is 6.28. The molecule has 7 heteroatoms. The fourth-order valence-corrected chi connectivity index (χ4v) is 1.30. The molecule has 0 amide bonds. The van der Waals surface area contributed by atoms with Gasteiger partial charge in [0.1, 0.15) is 6.61 Å². The molecule has 0 aliphatic rings. The van der Waals surface area contributed by atoms with Gasteiger partial charge in [0.2, 0.25) is 5.28 Å². The molecule has 6 nitrogen and oxygen atoms in total. The zero-order chi connectivity index (χ0) is 14.3. The van der Waals surface area contributed by atoms with Gasteiger partial charge in [-0.2, -0.15) is 9.97 Å². The summed E-state index contributed by atoms with van der Waals surface area (Å²) in [6.07, 6.45) is -0.0410. The smallest absolute Gasteiger partial charge is 0.324 e. The summed E-state index contributed by atoms with van der Waals surface area (Å²) in [5.74, 6) is 0.498. The van der Waals surface area contributed by atoms with Crippen molar-refractivity contribution < 1.29 is 14.2 Å². The zero-order valence-corrected chi connectivity index (χ0v) is 12.5. The van der Waals surface area contributed by atoms with Crippen molar-refractivity contribution in [2.24, 2.45) is 5.92 Å². The molecule has 1 aromatic heterocycles. The first-order valence-corrected chi connectivity index (χ1v) is 6.64. The first-order chi connectivity index (χ1) is 8.97. The second kappa shape index (κ2) is 8.12. The third kappa shape index (κ3) is 7.12. The van der Waals surface area contributed by atoms with Crippen LogP contribution in [0.3, 0.4) is 0 Å². The number of aromatic nitrogens is 3. The van der Waals surface area contributed by atoms with Gasteiger partial charge in [-0.3, -0.25) is 0 Å². The molecule has 0 spiro atoms. The van der Waals surface area contributed by atoms with Gasteiger partial charge in [-0.05, 0) is 31.4 Å². The van der Waals surface area contributed by atoms with E-state index in [9.17, 15) is 0 Å². The third-order valence-corrected chi connectivity index (χ3v) is 1.99. The molecule has 0 fully saturated rings. The molecule has 0 N–H and O–H groups in total. The summed E-state index contributed by atoms with van der Waals surface area (Å²) in [6, 6.07) is 0.303. The lowest BCUT2D eigenvalue weighted by Crippen LogP contribution is -2.13. The lowest BCUT2D eigenvalue weighted by Gasteiger charge is -2.10. The summed E-state index contributed by atoms with van der Waals surface area (Å²) in [6.45, 7) is 9.44. The largest absolute Gasteiger partial charge is 0.461 e. The van der Waals surface area contributed by atoms with Crippen molar-refractivity contribution >= 4 is 11.6 Å². The van der Waals surface area contributed by atoms with Crippen LogP contribution in [0.4, 0.5) is 0 Å². The highest BCUT2D eigenvalue weighted by atomic mass is 35.5. The minimum Gasteiger partial charge on any atom is -0.461 e. The Morgan fingerprint density at radius 1 is 1.00 bits per heavy atom. The fraction of sp³-hybridized carbons (Fsp3) is 0.750. The van der Waals surface area contributed by atoms with Gasteiger partial charge in [-0.1, -0.05) is 13.8 Å². The second-order valence-electron chi connectivity index (χ2n) is 4.65. The van der Waals surface area contributed by atoms with E-state index in [1.807, 2.05) is 13.8 Å². The van der Waals surface area contributed by atoms with E-state index in [1.165, 1.54) is 0 Å². The van der Waals surface area contributed by atoms with Crippen LogP contribution in [0.15, 0.2) is 0 Å². The van der Waals surface area contributed by atoms with Gasteiger partial charge in [0, 0.05) is 6.61 Å². The molecule has 1 aromatic rings. The predicted molar refractivity (Wildman–Crippen MR) is 71.8 cm³/mol. The molecule has 108 valence electrons.